The summed E-state index contributed by atoms with van der Waals surface area (Å²) in [5, 5.41) is 0.0311. The van der Waals surface area contributed by atoms with Crippen LogP contribution in [0.3, 0.4) is 0 Å². The zero-order valence-corrected chi connectivity index (χ0v) is 13.8. The van der Waals surface area contributed by atoms with E-state index in [1.807, 2.05) is 31.2 Å². The summed E-state index contributed by atoms with van der Waals surface area (Å²) in [5.41, 5.74) is 2.57. The SMILES string of the molecule is CC(Sc1nc2nc[nH]c2c(=O)[nH]1)C(=O)N1CCc2ccccc21. The van der Waals surface area contributed by atoms with E-state index in [4.69, 9.17) is 0 Å². The summed E-state index contributed by atoms with van der Waals surface area (Å²) < 4.78 is 0. The highest BCUT2D eigenvalue weighted by atomic mass is 32.2. The third kappa shape index (κ3) is 2.48. The van der Waals surface area contributed by atoms with Crippen molar-refractivity contribution < 1.29 is 4.79 Å². The standard InChI is InChI=1S/C16H15N5O2S/c1-9(15(23)21-7-6-10-4-2-3-5-11(10)21)24-16-19-13-12(14(22)20-16)17-8-18-13/h2-5,8-9H,6-7H2,1H3,(H2,17,18,19,20,22). The van der Waals surface area contributed by atoms with Crippen molar-refractivity contribution in [2.24, 2.45) is 0 Å². The molecule has 0 saturated carbocycles. The number of amides is 1. The minimum absolute atomic E-state index is 0.00900. The van der Waals surface area contributed by atoms with E-state index in [0.717, 1.165) is 12.1 Å². The zero-order chi connectivity index (χ0) is 16.7. The predicted molar refractivity (Wildman–Crippen MR) is 92.3 cm³/mol. The molecular weight excluding hydrogens is 326 g/mol. The molecule has 122 valence electrons. The van der Waals surface area contributed by atoms with Crippen LogP contribution in [0, 0.1) is 0 Å². The summed E-state index contributed by atoms with van der Waals surface area (Å²) in [7, 11) is 0. The number of rotatable bonds is 3. The lowest BCUT2D eigenvalue weighted by molar-refractivity contribution is -0.117. The van der Waals surface area contributed by atoms with Crippen LogP contribution in [0.15, 0.2) is 40.5 Å². The van der Waals surface area contributed by atoms with Crippen LogP contribution in [0.25, 0.3) is 11.2 Å². The number of aromatic nitrogens is 4. The normalized spacial score (nSPS) is 14.8. The van der Waals surface area contributed by atoms with Crippen molar-refractivity contribution in [3.63, 3.8) is 0 Å². The highest BCUT2D eigenvalue weighted by Gasteiger charge is 2.28. The molecule has 7 nitrogen and oxygen atoms in total. The number of nitrogens with zero attached hydrogens (tertiary/aromatic N) is 3. The van der Waals surface area contributed by atoms with Gasteiger partial charge in [-0.3, -0.25) is 14.6 Å². The number of benzene rings is 1. The molecule has 24 heavy (non-hydrogen) atoms. The van der Waals surface area contributed by atoms with Gasteiger partial charge in [-0.05, 0) is 25.0 Å². The molecule has 1 amide bonds. The number of anilines is 1. The fraction of sp³-hybridized carbons (Fsp3) is 0.250. The molecule has 8 heteroatoms. The second kappa shape index (κ2) is 5.79. The van der Waals surface area contributed by atoms with Gasteiger partial charge in [0.2, 0.25) is 5.91 Å². The Hall–Kier alpha value is -2.61. The summed E-state index contributed by atoms with van der Waals surface area (Å²) in [6.07, 6.45) is 2.30. The van der Waals surface area contributed by atoms with Crippen molar-refractivity contribution in [3.05, 3.63) is 46.5 Å². The summed E-state index contributed by atoms with van der Waals surface area (Å²) >= 11 is 1.23. The molecule has 4 rings (SSSR count). The van der Waals surface area contributed by atoms with E-state index >= 15 is 0 Å². The van der Waals surface area contributed by atoms with Crippen molar-refractivity contribution in [1.82, 2.24) is 19.9 Å². The van der Waals surface area contributed by atoms with Gasteiger partial charge in [0.1, 0.15) is 0 Å². The van der Waals surface area contributed by atoms with E-state index in [9.17, 15) is 9.59 Å². The average Bonchev–Trinajstić information content (AvgIpc) is 3.20. The summed E-state index contributed by atoms with van der Waals surface area (Å²) in [6, 6.07) is 7.93. The van der Waals surface area contributed by atoms with E-state index in [2.05, 4.69) is 19.9 Å². The summed E-state index contributed by atoms with van der Waals surface area (Å²) in [4.78, 5) is 40.3. The lowest BCUT2D eigenvalue weighted by Gasteiger charge is -2.21. The number of carbonyl (C=O) groups is 1. The van der Waals surface area contributed by atoms with Gasteiger partial charge in [0.25, 0.3) is 5.56 Å². The van der Waals surface area contributed by atoms with Gasteiger partial charge in [-0.15, -0.1) is 0 Å². The van der Waals surface area contributed by atoms with Crippen molar-refractivity contribution in [2.75, 3.05) is 11.4 Å². The van der Waals surface area contributed by atoms with Crippen molar-refractivity contribution in [1.29, 1.82) is 0 Å². The first-order valence-electron chi connectivity index (χ1n) is 7.63. The van der Waals surface area contributed by atoms with Crippen LogP contribution in [-0.2, 0) is 11.2 Å². The van der Waals surface area contributed by atoms with Crippen LogP contribution in [0.5, 0.6) is 0 Å². The number of thioether (sulfide) groups is 1. The topological polar surface area (TPSA) is 94.7 Å². The monoisotopic (exact) mass is 341 g/mol. The molecule has 3 heterocycles. The van der Waals surface area contributed by atoms with Crippen LogP contribution in [0.4, 0.5) is 5.69 Å². The molecule has 1 unspecified atom stereocenters. The summed E-state index contributed by atoms with van der Waals surface area (Å²) in [6.45, 7) is 2.51. The number of hydrogen-bond donors (Lipinski definition) is 2. The molecule has 2 aromatic heterocycles. The van der Waals surface area contributed by atoms with Gasteiger partial charge < -0.3 is 9.88 Å². The number of nitrogens with one attached hydrogen (secondary N) is 2. The first-order chi connectivity index (χ1) is 11.6. The van der Waals surface area contributed by atoms with Crippen molar-refractivity contribution in [3.8, 4) is 0 Å². The maximum atomic E-state index is 12.8. The van der Waals surface area contributed by atoms with Crippen LogP contribution < -0.4 is 10.5 Å². The minimum atomic E-state index is -0.365. The van der Waals surface area contributed by atoms with E-state index in [1.165, 1.54) is 23.7 Å². The van der Waals surface area contributed by atoms with Crippen LogP contribution in [0.2, 0.25) is 0 Å². The molecule has 1 atom stereocenters. The van der Waals surface area contributed by atoms with Gasteiger partial charge in [-0.1, -0.05) is 30.0 Å². The molecule has 0 radical (unpaired) electrons. The molecule has 0 bridgehead atoms. The zero-order valence-electron chi connectivity index (χ0n) is 12.9. The van der Waals surface area contributed by atoms with Crippen LogP contribution in [0.1, 0.15) is 12.5 Å². The Morgan fingerprint density at radius 2 is 2.21 bits per heavy atom. The van der Waals surface area contributed by atoms with Gasteiger partial charge in [-0.25, -0.2) is 9.97 Å². The van der Waals surface area contributed by atoms with Gasteiger partial charge in [0, 0.05) is 12.2 Å². The maximum Gasteiger partial charge on any atom is 0.277 e. The van der Waals surface area contributed by atoms with E-state index in [0.29, 0.717) is 22.9 Å². The Morgan fingerprint density at radius 1 is 1.38 bits per heavy atom. The van der Waals surface area contributed by atoms with Gasteiger partial charge in [0.05, 0.1) is 11.6 Å². The molecule has 0 aliphatic carbocycles. The van der Waals surface area contributed by atoms with Crippen LogP contribution >= 0.6 is 11.8 Å². The minimum Gasteiger partial charge on any atom is -0.339 e. The molecule has 2 N–H and O–H groups in total. The van der Waals surface area contributed by atoms with E-state index in [1.54, 1.807) is 4.90 Å². The van der Waals surface area contributed by atoms with Gasteiger partial charge in [-0.2, -0.15) is 0 Å². The fourth-order valence-corrected chi connectivity index (χ4v) is 3.74. The Labute approximate surface area is 141 Å². The smallest absolute Gasteiger partial charge is 0.277 e. The molecule has 0 fully saturated rings. The van der Waals surface area contributed by atoms with Crippen molar-refractivity contribution >= 4 is 34.5 Å². The molecule has 0 spiro atoms. The van der Waals surface area contributed by atoms with E-state index < -0.39 is 0 Å². The summed E-state index contributed by atoms with van der Waals surface area (Å²) in [5.74, 6) is 0.00900. The molecular formula is C16H15N5O2S. The molecule has 1 aliphatic heterocycles. The Balaban J connectivity index is 1.56. The van der Waals surface area contributed by atoms with E-state index in [-0.39, 0.29) is 16.7 Å². The number of fused-ring (bicyclic) bond motifs is 2. The number of para-hydroxylation sites is 1. The predicted octanol–water partition coefficient (Wildman–Crippen LogP) is 1.72. The number of carbonyl (C=O) groups excluding carboxylic acids is 1. The maximum absolute atomic E-state index is 12.8. The third-order valence-electron chi connectivity index (χ3n) is 4.06. The third-order valence-corrected chi connectivity index (χ3v) is 5.04. The Kier molecular flexibility index (Phi) is 3.61. The number of imidazole rings is 1. The van der Waals surface area contributed by atoms with Gasteiger partial charge in [0.15, 0.2) is 16.3 Å². The van der Waals surface area contributed by atoms with Gasteiger partial charge >= 0.3 is 0 Å². The highest BCUT2D eigenvalue weighted by molar-refractivity contribution is 8.00. The Morgan fingerprint density at radius 3 is 3.08 bits per heavy atom. The first kappa shape index (κ1) is 14.9. The molecule has 1 aromatic carbocycles. The Bertz CT molecular complexity index is 980. The fourth-order valence-electron chi connectivity index (χ4n) is 2.88. The lowest BCUT2D eigenvalue weighted by Crippen LogP contribution is -2.35. The average molecular weight is 341 g/mol. The van der Waals surface area contributed by atoms with Crippen molar-refractivity contribution in [2.45, 2.75) is 23.8 Å². The first-order valence-corrected chi connectivity index (χ1v) is 8.51. The number of hydrogen-bond acceptors (Lipinski definition) is 5. The van der Waals surface area contributed by atoms with Crippen LogP contribution in [-0.4, -0.2) is 37.6 Å². The number of aromatic amines is 2. The molecule has 3 aromatic rings. The molecule has 0 saturated heterocycles. The quantitative estimate of drug-likeness (QED) is 0.559. The molecule has 1 aliphatic rings. The second-order valence-electron chi connectivity index (χ2n) is 5.60. The largest absolute Gasteiger partial charge is 0.339 e. The lowest BCUT2D eigenvalue weighted by atomic mass is 10.2. The highest BCUT2D eigenvalue weighted by Crippen LogP contribution is 2.30. The number of H-pyrrole nitrogens is 2. The second-order valence-corrected chi connectivity index (χ2v) is 6.93.